The van der Waals surface area contributed by atoms with Gasteiger partial charge in [-0.05, 0) is 55.8 Å². The van der Waals surface area contributed by atoms with Gasteiger partial charge in [0.1, 0.15) is 11.9 Å². The van der Waals surface area contributed by atoms with Gasteiger partial charge in [-0.3, -0.25) is 5.32 Å². The molecule has 1 aromatic heterocycles. The van der Waals surface area contributed by atoms with Crippen LogP contribution in [0.5, 0.6) is 0 Å². The van der Waals surface area contributed by atoms with E-state index in [0.717, 1.165) is 11.3 Å². The van der Waals surface area contributed by atoms with Gasteiger partial charge in [-0.15, -0.1) is 5.10 Å². The van der Waals surface area contributed by atoms with Gasteiger partial charge in [-0.1, -0.05) is 6.07 Å². The van der Waals surface area contributed by atoms with Crippen molar-refractivity contribution in [3.8, 4) is 5.69 Å². The number of tetrazole rings is 1. The number of hydrogen-bond donors (Lipinski definition) is 1. The maximum Gasteiger partial charge on any atom is 0.412 e. The minimum atomic E-state index is -0.534. The predicted octanol–water partition coefficient (Wildman–Crippen LogP) is 2.32. The van der Waals surface area contributed by atoms with Crippen molar-refractivity contribution in [1.82, 2.24) is 20.2 Å². The molecule has 0 unspecified atom stereocenters. The zero-order valence-corrected chi connectivity index (χ0v) is 11.9. The van der Waals surface area contributed by atoms with E-state index >= 15 is 0 Å². The number of carbonyl (C=O) groups is 1. The average molecular weight is 275 g/mol. The molecular weight excluding hydrogens is 258 g/mol. The van der Waals surface area contributed by atoms with Gasteiger partial charge in [0.2, 0.25) is 0 Å². The average Bonchev–Trinajstić information content (AvgIpc) is 2.82. The Morgan fingerprint density at radius 2 is 2.10 bits per heavy atom. The highest BCUT2D eigenvalue weighted by Gasteiger charge is 2.16. The molecule has 0 saturated heterocycles. The highest BCUT2D eigenvalue weighted by molar-refractivity contribution is 5.85. The molecule has 7 nitrogen and oxygen atoms in total. The number of benzene rings is 1. The van der Waals surface area contributed by atoms with Gasteiger partial charge in [0.15, 0.2) is 0 Å². The number of aryl methyl sites for hydroxylation is 1. The molecule has 7 heteroatoms. The molecule has 0 bridgehead atoms. The van der Waals surface area contributed by atoms with Crippen molar-refractivity contribution in [2.75, 3.05) is 5.32 Å². The summed E-state index contributed by atoms with van der Waals surface area (Å²) in [5, 5.41) is 13.7. The molecule has 1 amide bonds. The van der Waals surface area contributed by atoms with Crippen molar-refractivity contribution in [1.29, 1.82) is 0 Å². The second-order valence-electron chi connectivity index (χ2n) is 5.38. The third-order valence-electron chi connectivity index (χ3n) is 2.45. The molecule has 0 radical (unpaired) electrons. The lowest BCUT2D eigenvalue weighted by Gasteiger charge is -2.20. The van der Waals surface area contributed by atoms with E-state index in [4.69, 9.17) is 4.74 Å². The largest absolute Gasteiger partial charge is 0.444 e. The third-order valence-corrected chi connectivity index (χ3v) is 2.45. The quantitative estimate of drug-likeness (QED) is 0.909. The lowest BCUT2D eigenvalue weighted by atomic mass is 10.2. The molecule has 0 aliphatic heterocycles. The van der Waals surface area contributed by atoms with Gasteiger partial charge in [0, 0.05) is 5.69 Å². The van der Waals surface area contributed by atoms with E-state index < -0.39 is 11.7 Å². The van der Waals surface area contributed by atoms with E-state index in [2.05, 4.69) is 20.8 Å². The van der Waals surface area contributed by atoms with Crippen molar-refractivity contribution in [3.05, 3.63) is 30.1 Å². The van der Waals surface area contributed by atoms with Crippen molar-refractivity contribution in [2.45, 2.75) is 33.3 Å². The van der Waals surface area contributed by atoms with Gasteiger partial charge < -0.3 is 4.74 Å². The highest BCUT2D eigenvalue weighted by atomic mass is 16.6. The van der Waals surface area contributed by atoms with Crippen LogP contribution in [-0.4, -0.2) is 31.9 Å². The van der Waals surface area contributed by atoms with Gasteiger partial charge >= 0.3 is 6.09 Å². The number of anilines is 1. The maximum atomic E-state index is 11.7. The maximum absolute atomic E-state index is 11.7. The minimum absolute atomic E-state index is 0.496. The molecule has 2 aromatic rings. The highest BCUT2D eigenvalue weighted by Crippen LogP contribution is 2.19. The summed E-state index contributed by atoms with van der Waals surface area (Å²) in [6.07, 6.45) is 1.00. The minimum Gasteiger partial charge on any atom is -0.444 e. The van der Waals surface area contributed by atoms with Crippen LogP contribution in [0.2, 0.25) is 0 Å². The van der Waals surface area contributed by atoms with Crippen LogP contribution in [0.1, 0.15) is 26.3 Å². The van der Waals surface area contributed by atoms with Crippen molar-refractivity contribution in [3.63, 3.8) is 0 Å². The van der Waals surface area contributed by atoms with E-state index in [9.17, 15) is 4.79 Å². The fraction of sp³-hybridized carbons (Fsp3) is 0.385. The van der Waals surface area contributed by atoms with Gasteiger partial charge in [0.25, 0.3) is 0 Å². The first kappa shape index (κ1) is 14.0. The number of nitrogens with one attached hydrogen (secondary N) is 1. The Hall–Kier alpha value is -2.44. The van der Waals surface area contributed by atoms with E-state index in [-0.39, 0.29) is 0 Å². The molecule has 2 rings (SSSR count). The summed E-state index contributed by atoms with van der Waals surface area (Å²) in [7, 11) is 0. The normalized spacial score (nSPS) is 11.2. The predicted molar refractivity (Wildman–Crippen MR) is 73.7 cm³/mol. The first-order valence-electron chi connectivity index (χ1n) is 6.19. The van der Waals surface area contributed by atoms with Crippen molar-refractivity contribution < 1.29 is 9.53 Å². The van der Waals surface area contributed by atoms with Gasteiger partial charge in [-0.2, -0.15) is 0 Å². The van der Waals surface area contributed by atoms with Crippen LogP contribution in [-0.2, 0) is 4.74 Å². The van der Waals surface area contributed by atoms with Crippen LogP contribution in [0.25, 0.3) is 5.69 Å². The molecule has 0 aliphatic carbocycles. The summed E-state index contributed by atoms with van der Waals surface area (Å²) in [4.78, 5) is 11.7. The number of carbonyl (C=O) groups excluding carboxylic acids is 1. The molecule has 0 aliphatic rings. The Balaban J connectivity index is 2.18. The second-order valence-corrected chi connectivity index (χ2v) is 5.38. The molecule has 20 heavy (non-hydrogen) atoms. The van der Waals surface area contributed by atoms with E-state index in [1.54, 1.807) is 12.1 Å². The lowest BCUT2D eigenvalue weighted by Crippen LogP contribution is -2.27. The SMILES string of the molecule is Cc1ccc(NC(=O)OC(C)(C)C)cc1-n1cnnn1. The van der Waals surface area contributed by atoms with Crippen LogP contribution in [0.15, 0.2) is 24.5 Å². The molecule has 1 aromatic carbocycles. The Kier molecular flexibility index (Phi) is 3.69. The van der Waals surface area contributed by atoms with Crippen LogP contribution >= 0.6 is 0 Å². The molecule has 0 spiro atoms. The van der Waals surface area contributed by atoms with Crippen LogP contribution < -0.4 is 5.32 Å². The van der Waals surface area contributed by atoms with Crippen LogP contribution in [0.3, 0.4) is 0 Å². The van der Waals surface area contributed by atoms with Crippen molar-refractivity contribution in [2.24, 2.45) is 0 Å². The number of amides is 1. The third kappa shape index (κ3) is 3.53. The topological polar surface area (TPSA) is 81.9 Å². The van der Waals surface area contributed by atoms with Crippen LogP contribution in [0.4, 0.5) is 10.5 Å². The molecule has 1 N–H and O–H groups in total. The molecule has 0 atom stereocenters. The first-order chi connectivity index (χ1) is 9.35. The zero-order valence-electron chi connectivity index (χ0n) is 11.9. The number of hydrogen-bond acceptors (Lipinski definition) is 5. The smallest absolute Gasteiger partial charge is 0.412 e. The fourth-order valence-corrected chi connectivity index (χ4v) is 1.63. The lowest BCUT2D eigenvalue weighted by molar-refractivity contribution is 0.0636. The Labute approximate surface area is 116 Å². The summed E-state index contributed by atoms with van der Waals surface area (Å²) < 4.78 is 6.74. The zero-order chi connectivity index (χ0) is 14.8. The molecule has 0 saturated carbocycles. The number of aromatic nitrogens is 4. The Bertz CT molecular complexity index is 602. The number of ether oxygens (including phenoxy) is 1. The fourth-order valence-electron chi connectivity index (χ4n) is 1.63. The second kappa shape index (κ2) is 5.28. The molecule has 0 fully saturated rings. The van der Waals surface area contributed by atoms with Gasteiger partial charge in [0.05, 0.1) is 5.69 Å². The Morgan fingerprint density at radius 1 is 1.35 bits per heavy atom. The summed E-state index contributed by atoms with van der Waals surface area (Å²) in [5.41, 5.74) is 1.87. The molecular formula is C13H17N5O2. The number of rotatable bonds is 2. The van der Waals surface area contributed by atoms with E-state index in [0.29, 0.717) is 5.69 Å². The molecule has 106 valence electrons. The Morgan fingerprint density at radius 3 is 2.70 bits per heavy atom. The van der Waals surface area contributed by atoms with Crippen molar-refractivity contribution >= 4 is 11.8 Å². The summed E-state index contributed by atoms with van der Waals surface area (Å²) >= 11 is 0. The van der Waals surface area contributed by atoms with E-state index in [1.807, 2.05) is 33.8 Å². The van der Waals surface area contributed by atoms with Gasteiger partial charge in [-0.25, -0.2) is 9.48 Å². The monoisotopic (exact) mass is 275 g/mol. The summed E-state index contributed by atoms with van der Waals surface area (Å²) in [6.45, 7) is 7.38. The summed E-state index contributed by atoms with van der Waals surface area (Å²) in [5.74, 6) is 0. The van der Waals surface area contributed by atoms with E-state index in [1.165, 1.54) is 11.0 Å². The number of nitrogens with zero attached hydrogens (tertiary/aromatic N) is 4. The molecule has 1 heterocycles. The summed E-state index contributed by atoms with van der Waals surface area (Å²) in [6, 6.07) is 5.46. The standard InChI is InChI=1S/C13H17N5O2/c1-9-5-6-10(15-12(19)20-13(2,3)4)7-11(9)18-8-14-16-17-18/h5-8H,1-4H3,(H,15,19). The van der Waals surface area contributed by atoms with Crippen LogP contribution in [0, 0.1) is 6.92 Å². The first-order valence-corrected chi connectivity index (χ1v) is 6.19.